The molecular weight excluding hydrogens is 336 g/mol. The van der Waals surface area contributed by atoms with E-state index in [1.807, 2.05) is 6.07 Å². The van der Waals surface area contributed by atoms with Crippen molar-refractivity contribution in [3.05, 3.63) is 59.3 Å². The van der Waals surface area contributed by atoms with Crippen LogP contribution < -0.4 is 5.32 Å². The second kappa shape index (κ2) is 6.49. The van der Waals surface area contributed by atoms with Gasteiger partial charge in [0.15, 0.2) is 5.69 Å². The number of carboxylic acids is 1. The van der Waals surface area contributed by atoms with E-state index in [2.05, 4.69) is 10.4 Å². The van der Waals surface area contributed by atoms with Gasteiger partial charge in [-0.15, -0.1) is 0 Å². The lowest BCUT2D eigenvalue weighted by molar-refractivity contribution is 0.0697. The Morgan fingerprint density at radius 2 is 1.92 bits per heavy atom. The Labute approximate surface area is 147 Å². The molecule has 0 bridgehead atoms. The number of aromatic nitrogens is 2. The average Bonchev–Trinajstić information content (AvgIpc) is 3.02. The van der Waals surface area contributed by atoms with E-state index in [-0.39, 0.29) is 28.4 Å². The Kier molecular flexibility index (Phi) is 4.21. The molecule has 1 aromatic heterocycles. The van der Waals surface area contributed by atoms with Crippen LogP contribution in [0.4, 0.5) is 5.69 Å². The Hall–Kier alpha value is -3.99. The maximum atomic E-state index is 12.6. The largest absolute Gasteiger partial charge is 0.478 e. The van der Waals surface area contributed by atoms with Crippen LogP contribution >= 0.6 is 0 Å². The van der Waals surface area contributed by atoms with Crippen LogP contribution in [0.3, 0.4) is 0 Å². The first-order chi connectivity index (χ1) is 12.4. The third kappa shape index (κ3) is 2.89. The lowest BCUT2D eigenvalue weighted by Crippen LogP contribution is -2.17. The van der Waals surface area contributed by atoms with Crippen molar-refractivity contribution in [1.29, 1.82) is 5.26 Å². The number of rotatable bonds is 3. The maximum Gasteiger partial charge on any atom is 0.337 e. The van der Waals surface area contributed by atoms with Crippen LogP contribution in [0.2, 0.25) is 0 Å². The zero-order valence-corrected chi connectivity index (χ0v) is 13.6. The van der Waals surface area contributed by atoms with E-state index in [9.17, 15) is 19.5 Å². The summed E-state index contributed by atoms with van der Waals surface area (Å²) in [4.78, 5) is 35.8. The first-order valence-corrected chi connectivity index (χ1v) is 7.50. The van der Waals surface area contributed by atoms with Crippen molar-refractivity contribution >= 4 is 34.4 Å². The molecular formula is C18H12N4O4. The minimum absolute atomic E-state index is 0.00324. The monoisotopic (exact) mass is 348 g/mol. The number of fused-ring (bicyclic) bond motifs is 1. The van der Waals surface area contributed by atoms with E-state index < -0.39 is 11.9 Å². The second-order valence-electron chi connectivity index (χ2n) is 5.43. The standard InChI is InChI=1S/C18H12N4O4/c1-10(23)22-15-5-3-2-4-12(15)16(21-22)17(24)20-14-7-6-11(9-19)8-13(14)18(25)26/h2-8H,1H3,(H,20,24)(H,25,26). The van der Waals surface area contributed by atoms with E-state index in [0.717, 1.165) is 4.68 Å². The summed E-state index contributed by atoms with van der Waals surface area (Å²) in [6.07, 6.45) is 0. The first-order valence-electron chi connectivity index (χ1n) is 7.50. The molecule has 0 saturated heterocycles. The Balaban J connectivity index is 2.05. The van der Waals surface area contributed by atoms with Crippen molar-refractivity contribution in [3.63, 3.8) is 0 Å². The van der Waals surface area contributed by atoms with E-state index >= 15 is 0 Å². The van der Waals surface area contributed by atoms with Gasteiger partial charge in [0.05, 0.1) is 28.4 Å². The van der Waals surface area contributed by atoms with Crippen LogP contribution in [0.15, 0.2) is 42.5 Å². The molecule has 0 spiro atoms. The van der Waals surface area contributed by atoms with Crippen molar-refractivity contribution in [2.24, 2.45) is 0 Å². The molecule has 0 radical (unpaired) electrons. The van der Waals surface area contributed by atoms with Gasteiger partial charge < -0.3 is 10.4 Å². The fourth-order valence-electron chi connectivity index (χ4n) is 2.56. The number of aromatic carboxylic acids is 1. The number of nitrogens with one attached hydrogen (secondary N) is 1. The van der Waals surface area contributed by atoms with Gasteiger partial charge in [-0.2, -0.15) is 15.0 Å². The van der Waals surface area contributed by atoms with Gasteiger partial charge in [-0.1, -0.05) is 18.2 Å². The summed E-state index contributed by atoms with van der Waals surface area (Å²) in [5.74, 6) is -2.30. The molecule has 3 rings (SSSR count). The summed E-state index contributed by atoms with van der Waals surface area (Å²) in [5, 5.41) is 25.2. The smallest absolute Gasteiger partial charge is 0.337 e. The summed E-state index contributed by atoms with van der Waals surface area (Å²) >= 11 is 0. The normalized spacial score (nSPS) is 10.3. The molecule has 0 saturated carbocycles. The number of nitrogens with zero attached hydrogens (tertiary/aromatic N) is 3. The van der Waals surface area contributed by atoms with Gasteiger partial charge in [0, 0.05) is 12.3 Å². The van der Waals surface area contributed by atoms with Crippen LogP contribution in [-0.2, 0) is 0 Å². The number of hydrogen-bond acceptors (Lipinski definition) is 5. The quantitative estimate of drug-likeness (QED) is 0.749. The van der Waals surface area contributed by atoms with Gasteiger partial charge in [0.2, 0.25) is 5.91 Å². The molecule has 0 aliphatic carbocycles. The molecule has 8 nitrogen and oxygen atoms in total. The van der Waals surface area contributed by atoms with Crippen LogP contribution in [0.25, 0.3) is 10.9 Å². The SMILES string of the molecule is CC(=O)n1nc(C(=O)Nc2ccc(C#N)cc2C(=O)O)c2ccccc21. The van der Waals surface area contributed by atoms with Gasteiger partial charge in [0.25, 0.3) is 5.91 Å². The van der Waals surface area contributed by atoms with Gasteiger partial charge >= 0.3 is 5.97 Å². The van der Waals surface area contributed by atoms with Crippen molar-refractivity contribution < 1.29 is 19.5 Å². The summed E-state index contributed by atoms with van der Waals surface area (Å²) in [7, 11) is 0. The highest BCUT2D eigenvalue weighted by Crippen LogP contribution is 2.22. The van der Waals surface area contributed by atoms with Crippen molar-refractivity contribution in [1.82, 2.24) is 9.78 Å². The average molecular weight is 348 g/mol. The first kappa shape index (κ1) is 16.9. The Bertz CT molecular complexity index is 1110. The molecule has 128 valence electrons. The Morgan fingerprint density at radius 1 is 1.19 bits per heavy atom. The van der Waals surface area contributed by atoms with Crippen LogP contribution in [0.1, 0.15) is 38.1 Å². The Morgan fingerprint density at radius 3 is 2.58 bits per heavy atom. The second-order valence-corrected chi connectivity index (χ2v) is 5.43. The highest BCUT2D eigenvalue weighted by Gasteiger charge is 2.21. The topological polar surface area (TPSA) is 125 Å². The number of nitriles is 1. The molecule has 0 aliphatic rings. The van der Waals surface area contributed by atoms with Gasteiger partial charge in [-0.05, 0) is 24.3 Å². The summed E-state index contributed by atoms with van der Waals surface area (Å²) in [6.45, 7) is 1.32. The number of para-hydroxylation sites is 1. The van der Waals surface area contributed by atoms with Crippen LogP contribution in [0.5, 0.6) is 0 Å². The maximum absolute atomic E-state index is 12.6. The number of carbonyl (C=O) groups is 3. The van der Waals surface area contributed by atoms with Crippen molar-refractivity contribution in [2.45, 2.75) is 6.92 Å². The molecule has 3 aromatic rings. The molecule has 2 aromatic carbocycles. The third-order valence-corrected chi connectivity index (χ3v) is 3.73. The predicted octanol–water partition coefficient (Wildman–Crippen LogP) is 2.52. The molecule has 8 heteroatoms. The fourth-order valence-corrected chi connectivity index (χ4v) is 2.56. The van der Waals surface area contributed by atoms with E-state index in [1.54, 1.807) is 24.3 Å². The molecule has 2 N–H and O–H groups in total. The highest BCUT2D eigenvalue weighted by molar-refractivity contribution is 6.13. The number of carbonyl (C=O) groups excluding carboxylic acids is 2. The zero-order chi connectivity index (χ0) is 18.8. The summed E-state index contributed by atoms with van der Waals surface area (Å²) < 4.78 is 1.11. The molecule has 1 heterocycles. The van der Waals surface area contributed by atoms with Crippen molar-refractivity contribution in [3.8, 4) is 6.07 Å². The van der Waals surface area contributed by atoms with E-state index in [0.29, 0.717) is 10.9 Å². The molecule has 26 heavy (non-hydrogen) atoms. The van der Waals surface area contributed by atoms with Gasteiger partial charge in [0.1, 0.15) is 0 Å². The summed E-state index contributed by atoms with van der Waals surface area (Å²) in [5.41, 5.74) is 0.447. The molecule has 0 fully saturated rings. The lowest BCUT2D eigenvalue weighted by atomic mass is 10.1. The van der Waals surface area contributed by atoms with Crippen LogP contribution in [-0.4, -0.2) is 32.7 Å². The third-order valence-electron chi connectivity index (χ3n) is 3.73. The van der Waals surface area contributed by atoms with Crippen molar-refractivity contribution in [2.75, 3.05) is 5.32 Å². The highest BCUT2D eigenvalue weighted by atomic mass is 16.4. The lowest BCUT2D eigenvalue weighted by Gasteiger charge is -2.07. The minimum Gasteiger partial charge on any atom is -0.478 e. The minimum atomic E-state index is -1.28. The predicted molar refractivity (Wildman–Crippen MR) is 92.1 cm³/mol. The fraction of sp³-hybridized carbons (Fsp3) is 0.0556. The van der Waals surface area contributed by atoms with E-state index in [1.165, 1.54) is 25.1 Å². The summed E-state index contributed by atoms with van der Waals surface area (Å²) in [6, 6.07) is 12.5. The number of hydrogen-bond donors (Lipinski definition) is 2. The van der Waals surface area contributed by atoms with Crippen LogP contribution in [0, 0.1) is 11.3 Å². The van der Waals surface area contributed by atoms with Gasteiger partial charge in [-0.25, -0.2) is 4.79 Å². The van der Waals surface area contributed by atoms with Gasteiger partial charge in [-0.3, -0.25) is 9.59 Å². The number of amides is 1. The molecule has 1 amide bonds. The zero-order valence-electron chi connectivity index (χ0n) is 13.6. The number of anilines is 1. The molecule has 0 aliphatic heterocycles. The number of benzene rings is 2. The number of carboxylic acid groups (broad SMARTS) is 1. The van der Waals surface area contributed by atoms with E-state index in [4.69, 9.17) is 5.26 Å². The molecule has 0 atom stereocenters. The molecule has 0 unspecified atom stereocenters.